The predicted molar refractivity (Wildman–Crippen MR) is 86.6 cm³/mol. The maximum Gasteiger partial charge on any atom is 0.272 e. The summed E-state index contributed by atoms with van der Waals surface area (Å²) in [5.74, 6) is -0.911. The topological polar surface area (TPSA) is 107 Å². The molecule has 0 amide bonds. The Morgan fingerprint density at radius 1 is 1.39 bits per heavy atom. The molecule has 0 saturated carbocycles. The average Bonchev–Trinajstić information content (AvgIpc) is 2.79. The van der Waals surface area contributed by atoms with E-state index in [1.54, 1.807) is 26.0 Å². The van der Waals surface area contributed by atoms with Crippen molar-refractivity contribution < 1.29 is 18.0 Å². The van der Waals surface area contributed by atoms with Crippen LogP contribution in [0.3, 0.4) is 0 Å². The number of hydrogen-bond acceptors (Lipinski definition) is 6. The van der Waals surface area contributed by atoms with Crippen molar-refractivity contribution >= 4 is 33.3 Å². The summed E-state index contributed by atoms with van der Waals surface area (Å²) < 4.78 is 31.4. The summed E-state index contributed by atoms with van der Waals surface area (Å²) in [7, 11) is -4.19. The molecule has 0 aliphatic heterocycles. The number of aliphatic hydroxyl groups excluding tert-OH is 1. The van der Waals surface area contributed by atoms with Crippen LogP contribution in [-0.2, 0) is 10.0 Å². The molecule has 2 N–H and O–H groups in total. The van der Waals surface area contributed by atoms with Gasteiger partial charge in [-0.3, -0.25) is 5.41 Å². The van der Waals surface area contributed by atoms with Gasteiger partial charge in [0.15, 0.2) is 0 Å². The number of nitrogens with zero attached hydrogens (tertiary/aromatic N) is 2. The summed E-state index contributed by atoms with van der Waals surface area (Å²) in [4.78, 5) is -0.00794. The van der Waals surface area contributed by atoms with Crippen LogP contribution in [0.15, 0.2) is 27.6 Å². The zero-order chi connectivity index (χ0) is 17.4. The highest BCUT2D eigenvalue weighted by Crippen LogP contribution is 2.33. The number of aromatic nitrogens is 1. The Labute approximate surface area is 139 Å². The average molecular weight is 358 g/mol. The van der Waals surface area contributed by atoms with Crippen molar-refractivity contribution in [2.45, 2.75) is 25.7 Å². The number of aryl methyl sites for hydroxylation is 3. The minimum absolute atomic E-state index is 0.00794. The van der Waals surface area contributed by atoms with Gasteiger partial charge in [0.1, 0.15) is 23.2 Å². The molecule has 0 bridgehead atoms. The monoisotopic (exact) mass is 357 g/mol. The Morgan fingerprint density at radius 2 is 2.04 bits per heavy atom. The highest BCUT2D eigenvalue weighted by Gasteiger charge is 2.34. The van der Waals surface area contributed by atoms with Gasteiger partial charge < -0.3 is 9.63 Å². The fourth-order valence-electron chi connectivity index (χ4n) is 2.10. The van der Waals surface area contributed by atoms with E-state index in [2.05, 4.69) is 5.16 Å². The summed E-state index contributed by atoms with van der Waals surface area (Å²) in [6.07, 6.45) is 0. The lowest BCUT2D eigenvalue weighted by Crippen LogP contribution is -2.38. The Kier molecular flexibility index (Phi) is 4.79. The van der Waals surface area contributed by atoms with Crippen molar-refractivity contribution in [1.29, 1.82) is 5.41 Å². The SMILES string of the molecule is Cc1ccc(S(=O)(=O)N(C(=N)CO)c2onc(C)c2Cl)c(C)c1. The standard InChI is InChI=1S/C14H16ClN3O4S/c1-8-4-5-11(9(2)6-8)23(20,21)18(12(16)7-19)14-13(15)10(3)17-22-14/h4-6,16,19H,7H2,1-3H3. The molecule has 7 nitrogen and oxygen atoms in total. The van der Waals surface area contributed by atoms with Crippen molar-refractivity contribution in [2.75, 3.05) is 10.9 Å². The molecular formula is C14H16ClN3O4S. The summed E-state index contributed by atoms with van der Waals surface area (Å²) >= 11 is 6.02. The Morgan fingerprint density at radius 3 is 2.52 bits per heavy atom. The summed E-state index contributed by atoms with van der Waals surface area (Å²) in [5.41, 5.74) is 1.69. The van der Waals surface area contributed by atoms with E-state index in [9.17, 15) is 13.5 Å². The zero-order valence-corrected chi connectivity index (χ0v) is 14.4. The number of amidine groups is 1. The molecule has 124 valence electrons. The van der Waals surface area contributed by atoms with Crippen LogP contribution >= 0.6 is 11.6 Å². The minimum atomic E-state index is -4.19. The van der Waals surface area contributed by atoms with Crippen LogP contribution in [0.4, 0.5) is 5.88 Å². The molecule has 23 heavy (non-hydrogen) atoms. The van der Waals surface area contributed by atoms with Gasteiger partial charge >= 0.3 is 0 Å². The van der Waals surface area contributed by atoms with Crippen LogP contribution in [0.5, 0.6) is 0 Å². The third-order valence-electron chi connectivity index (χ3n) is 3.20. The van der Waals surface area contributed by atoms with Crippen molar-refractivity contribution in [3.8, 4) is 0 Å². The van der Waals surface area contributed by atoms with Gasteiger partial charge in [-0.15, -0.1) is 0 Å². The first-order valence-electron chi connectivity index (χ1n) is 6.62. The van der Waals surface area contributed by atoms with Crippen LogP contribution in [-0.4, -0.2) is 31.1 Å². The molecule has 0 atom stereocenters. The van der Waals surface area contributed by atoms with Gasteiger partial charge in [0, 0.05) is 0 Å². The molecule has 2 aromatic rings. The van der Waals surface area contributed by atoms with Gasteiger partial charge in [-0.25, -0.2) is 8.42 Å². The number of benzene rings is 1. The van der Waals surface area contributed by atoms with Gasteiger partial charge in [-0.1, -0.05) is 34.5 Å². The maximum atomic E-state index is 13.0. The molecule has 0 fully saturated rings. The zero-order valence-electron chi connectivity index (χ0n) is 12.8. The lowest BCUT2D eigenvalue weighted by Gasteiger charge is -2.22. The smallest absolute Gasteiger partial charge is 0.272 e. The number of halogens is 1. The molecule has 1 aromatic heterocycles. The van der Waals surface area contributed by atoms with E-state index in [0.717, 1.165) is 5.56 Å². The number of nitrogens with one attached hydrogen (secondary N) is 1. The van der Waals surface area contributed by atoms with Crippen molar-refractivity contribution in [3.63, 3.8) is 0 Å². The van der Waals surface area contributed by atoms with Gasteiger partial charge in [-0.05, 0) is 32.4 Å². The van der Waals surface area contributed by atoms with E-state index < -0.39 is 22.5 Å². The molecule has 0 radical (unpaired) electrons. The maximum absolute atomic E-state index is 13.0. The summed E-state index contributed by atoms with van der Waals surface area (Å²) in [6, 6.07) is 4.80. The normalized spacial score (nSPS) is 11.5. The van der Waals surface area contributed by atoms with Crippen LogP contribution in [0.2, 0.25) is 5.02 Å². The first kappa shape index (κ1) is 17.5. The lowest BCUT2D eigenvalue weighted by molar-refractivity contribution is 0.353. The van der Waals surface area contributed by atoms with E-state index in [4.69, 9.17) is 21.5 Å². The second kappa shape index (κ2) is 6.31. The van der Waals surface area contributed by atoms with Gasteiger partial charge in [0.2, 0.25) is 0 Å². The van der Waals surface area contributed by atoms with E-state index in [-0.39, 0.29) is 21.5 Å². The molecule has 2 rings (SSSR count). The molecule has 0 aliphatic carbocycles. The van der Waals surface area contributed by atoms with Crippen molar-refractivity contribution in [3.05, 3.63) is 40.0 Å². The first-order valence-corrected chi connectivity index (χ1v) is 8.44. The lowest BCUT2D eigenvalue weighted by atomic mass is 10.2. The van der Waals surface area contributed by atoms with Crippen LogP contribution in [0.25, 0.3) is 0 Å². The second-order valence-electron chi connectivity index (χ2n) is 5.03. The van der Waals surface area contributed by atoms with E-state index >= 15 is 0 Å². The van der Waals surface area contributed by atoms with Gasteiger partial charge in [-0.2, -0.15) is 4.31 Å². The van der Waals surface area contributed by atoms with Crippen LogP contribution in [0.1, 0.15) is 16.8 Å². The number of anilines is 1. The largest absolute Gasteiger partial charge is 0.388 e. The fraction of sp³-hybridized carbons (Fsp3) is 0.286. The third kappa shape index (κ3) is 3.10. The third-order valence-corrected chi connectivity index (χ3v) is 5.52. The highest BCUT2D eigenvalue weighted by molar-refractivity contribution is 7.93. The molecule has 0 aliphatic rings. The molecule has 1 heterocycles. The second-order valence-corrected chi connectivity index (χ2v) is 7.16. The van der Waals surface area contributed by atoms with Gasteiger partial charge in [0.05, 0.1) is 4.90 Å². The molecular weight excluding hydrogens is 342 g/mol. The van der Waals surface area contributed by atoms with E-state index in [1.807, 2.05) is 6.92 Å². The van der Waals surface area contributed by atoms with Crippen LogP contribution in [0, 0.1) is 26.2 Å². The molecule has 0 unspecified atom stereocenters. The summed E-state index contributed by atoms with van der Waals surface area (Å²) in [5, 5.41) is 20.6. The van der Waals surface area contributed by atoms with E-state index in [1.165, 1.54) is 6.07 Å². The summed E-state index contributed by atoms with van der Waals surface area (Å²) in [6.45, 7) is 4.22. The minimum Gasteiger partial charge on any atom is -0.388 e. The van der Waals surface area contributed by atoms with Gasteiger partial charge in [0.25, 0.3) is 15.9 Å². The Balaban J connectivity index is 2.68. The molecule has 0 spiro atoms. The Hall–Kier alpha value is -1.90. The molecule has 1 aromatic carbocycles. The number of aliphatic hydroxyl groups is 1. The van der Waals surface area contributed by atoms with E-state index in [0.29, 0.717) is 9.87 Å². The van der Waals surface area contributed by atoms with Crippen LogP contribution < -0.4 is 4.31 Å². The molecule has 0 saturated heterocycles. The first-order chi connectivity index (χ1) is 10.7. The van der Waals surface area contributed by atoms with Crippen molar-refractivity contribution in [2.24, 2.45) is 0 Å². The Bertz CT molecular complexity index is 861. The number of rotatable bonds is 4. The highest BCUT2D eigenvalue weighted by atomic mass is 35.5. The quantitative estimate of drug-likeness (QED) is 0.645. The molecule has 9 heteroatoms. The number of hydrogen-bond donors (Lipinski definition) is 2. The predicted octanol–water partition coefficient (Wildman–Crippen LogP) is 2.42. The van der Waals surface area contributed by atoms with Crippen molar-refractivity contribution in [1.82, 2.24) is 5.16 Å². The number of sulfonamides is 1. The fourth-order valence-corrected chi connectivity index (χ4v) is 3.90.